The minimum Gasteiger partial charge on any atom is -0.378 e. The Labute approximate surface area is 95.6 Å². The first kappa shape index (κ1) is 11.3. The zero-order chi connectivity index (χ0) is 11.6. The summed E-state index contributed by atoms with van der Waals surface area (Å²) in [7, 11) is 3.61. The van der Waals surface area contributed by atoms with Gasteiger partial charge in [-0.1, -0.05) is 0 Å². The summed E-state index contributed by atoms with van der Waals surface area (Å²) >= 11 is 0. The number of hydrogen-bond acceptors (Lipinski definition) is 3. The lowest BCUT2D eigenvalue weighted by molar-refractivity contribution is -0.131. The molecule has 0 aromatic carbocycles. The van der Waals surface area contributed by atoms with Crippen LogP contribution in [-0.4, -0.2) is 28.0 Å². The van der Waals surface area contributed by atoms with Crippen molar-refractivity contribution in [2.45, 2.75) is 37.7 Å². The maximum atomic E-state index is 11.9. The van der Waals surface area contributed by atoms with Crippen LogP contribution in [0.4, 0.5) is 0 Å². The van der Waals surface area contributed by atoms with Gasteiger partial charge in [0.05, 0.1) is 12.0 Å². The topological polar surface area (TPSA) is 44.1 Å². The Morgan fingerprint density at radius 1 is 1.62 bits per heavy atom. The minimum absolute atomic E-state index is 0.164. The van der Waals surface area contributed by atoms with E-state index in [0.717, 1.165) is 18.7 Å². The van der Waals surface area contributed by atoms with Crippen molar-refractivity contribution in [1.29, 1.82) is 0 Å². The van der Waals surface area contributed by atoms with Gasteiger partial charge in [0.1, 0.15) is 11.6 Å². The van der Waals surface area contributed by atoms with E-state index in [9.17, 15) is 4.79 Å². The third-order valence-electron chi connectivity index (χ3n) is 3.49. The molecule has 0 amide bonds. The molecule has 0 spiro atoms. The van der Waals surface area contributed by atoms with Crippen molar-refractivity contribution in [1.82, 2.24) is 9.55 Å². The van der Waals surface area contributed by atoms with E-state index < -0.39 is 0 Å². The molecule has 1 heterocycles. The fourth-order valence-electron chi connectivity index (χ4n) is 2.19. The molecular weight excluding hydrogens is 204 g/mol. The number of rotatable bonds is 5. The molecule has 1 aliphatic carbocycles. The van der Waals surface area contributed by atoms with Crippen molar-refractivity contribution in [2.75, 3.05) is 7.11 Å². The lowest BCUT2D eigenvalue weighted by Crippen LogP contribution is -2.41. The van der Waals surface area contributed by atoms with Crippen LogP contribution < -0.4 is 0 Å². The summed E-state index contributed by atoms with van der Waals surface area (Å²) in [5.41, 5.74) is -0.164. The predicted molar refractivity (Wildman–Crippen MR) is 60.1 cm³/mol. The third-order valence-corrected chi connectivity index (χ3v) is 3.49. The second kappa shape index (κ2) is 4.37. The zero-order valence-electron chi connectivity index (χ0n) is 9.90. The van der Waals surface area contributed by atoms with Gasteiger partial charge in [-0.3, -0.25) is 4.79 Å². The summed E-state index contributed by atoms with van der Waals surface area (Å²) in [5, 5.41) is 0. The summed E-state index contributed by atoms with van der Waals surface area (Å²) in [4.78, 5) is 16.1. The first-order valence-electron chi connectivity index (χ1n) is 5.68. The van der Waals surface area contributed by atoms with Gasteiger partial charge in [0.25, 0.3) is 0 Å². The highest BCUT2D eigenvalue weighted by Crippen LogP contribution is 2.38. The average Bonchev–Trinajstić information content (AvgIpc) is 2.58. The number of ether oxygens (including phenoxy) is 1. The van der Waals surface area contributed by atoms with E-state index in [1.54, 1.807) is 13.3 Å². The van der Waals surface area contributed by atoms with Gasteiger partial charge in [0.15, 0.2) is 0 Å². The van der Waals surface area contributed by atoms with Crippen LogP contribution in [0.2, 0.25) is 0 Å². The lowest BCUT2D eigenvalue weighted by Gasteiger charge is -2.40. The molecule has 0 saturated heterocycles. The Bertz CT molecular complexity index is 375. The zero-order valence-corrected chi connectivity index (χ0v) is 9.90. The van der Waals surface area contributed by atoms with E-state index in [1.165, 1.54) is 6.42 Å². The van der Waals surface area contributed by atoms with Crippen molar-refractivity contribution >= 4 is 5.78 Å². The summed E-state index contributed by atoms with van der Waals surface area (Å²) in [5.74, 6) is 1.05. The van der Waals surface area contributed by atoms with Gasteiger partial charge in [0.2, 0.25) is 0 Å². The number of hydrogen-bond donors (Lipinski definition) is 0. The highest BCUT2D eigenvalue weighted by molar-refractivity contribution is 5.81. The van der Waals surface area contributed by atoms with E-state index >= 15 is 0 Å². The Morgan fingerprint density at radius 2 is 2.38 bits per heavy atom. The number of imidazole rings is 1. The fraction of sp³-hybridized carbons (Fsp3) is 0.667. The van der Waals surface area contributed by atoms with Gasteiger partial charge in [-0.2, -0.15) is 0 Å². The van der Waals surface area contributed by atoms with Crippen LogP contribution in [0.3, 0.4) is 0 Å². The standard InChI is InChI=1S/C12H18N2O2/c1-14-7-6-13-11(14)8-10(15)9-12(16-2)4-3-5-12/h6-7H,3-5,8-9H2,1-2H3. The van der Waals surface area contributed by atoms with Gasteiger partial charge in [-0.25, -0.2) is 4.98 Å². The van der Waals surface area contributed by atoms with Crippen LogP contribution in [0.25, 0.3) is 0 Å². The smallest absolute Gasteiger partial charge is 0.143 e. The second-order valence-electron chi connectivity index (χ2n) is 4.59. The molecule has 1 aliphatic rings. The van der Waals surface area contributed by atoms with Crippen molar-refractivity contribution in [3.05, 3.63) is 18.2 Å². The molecule has 0 atom stereocenters. The molecule has 16 heavy (non-hydrogen) atoms. The Morgan fingerprint density at radius 3 is 2.81 bits per heavy atom. The van der Waals surface area contributed by atoms with Crippen LogP contribution in [0.5, 0.6) is 0 Å². The molecule has 2 rings (SSSR count). The predicted octanol–water partition coefficient (Wildman–Crippen LogP) is 1.49. The molecule has 1 aromatic rings. The van der Waals surface area contributed by atoms with Crippen LogP contribution in [-0.2, 0) is 23.0 Å². The Balaban J connectivity index is 1.92. The lowest BCUT2D eigenvalue weighted by atomic mass is 9.76. The molecule has 0 bridgehead atoms. The SMILES string of the molecule is COC1(CC(=O)Cc2nccn2C)CCC1. The molecule has 88 valence electrons. The molecular formula is C12H18N2O2. The van der Waals surface area contributed by atoms with Gasteiger partial charge < -0.3 is 9.30 Å². The van der Waals surface area contributed by atoms with Gasteiger partial charge in [-0.05, 0) is 19.3 Å². The van der Waals surface area contributed by atoms with Crippen LogP contribution in [0, 0.1) is 0 Å². The maximum absolute atomic E-state index is 11.9. The molecule has 0 aliphatic heterocycles. The summed E-state index contributed by atoms with van der Waals surface area (Å²) in [6.07, 6.45) is 7.70. The quantitative estimate of drug-likeness (QED) is 0.758. The fourth-order valence-corrected chi connectivity index (χ4v) is 2.19. The van der Waals surface area contributed by atoms with Crippen molar-refractivity contribution in [3.63, 3.8) is 0 Å². The van der Waals surface area contributed by atoms with Crippen LogP contribution in [0.15, 0.2) is 12.4 Å². The highest BCUT2D eigenvalue weighted by atomic mass is 16.5. The molecule has 1 aromatic heterocycles. The summed E-state index contributed by atoms with van der Waals surface area (Å²) in [6.45, 7) is 0. The molecule has 1 saturated carbocycles. The molecule has 4 nitrogen and oxygen atoms in total. The van der Waals surface area contributed by atoms with E-state index in [4.69, 9.17) is 4.74 Å². The minimum atomic E-state index is -0.164. The Kier molecular flexibility index (Phi) is 3.10. The first-order valence-corrected chi connectivity index (χ1v) is 5.68. The van der Waals surface area contributed by atoms with Gasteiger partial charge in [-0.15, -0.1) is 0 Å². The number of aromatic nitrogens is 2. The van der Waals surface area contributed by atoms with E-state index in [2.05, 4.69) is 4.98 Å². The van der Waals surface area contributed by atoms with E-state index in [-0.39, 0.29) is 11.4 Å². The van der Waals surface area contributed by atoms with Crippen LogP contribution >= 0.6 is 0 Å². The molecule has 1 fully saturated rings. The number of nitrogens with zero attached hydrogens (tertiary/aromatic N) is 2. The van der Waals surface area contributed by atoms with Crippen molar-refractivity contribution in [2.24, 2.45) is 7.05 Å². The number of carbonyl (C=O) groups excluding carboxylic acids is 1. The average molecular weight is 222 g/mol. The van der Waals surface area contributed by atoms with Gasteiger partial charge in [0, 0.05) is 33.0 Å². The summed E-state index contributed by atoms with van der Waals surface area (Å²) < 4.78 is 7.33. The van der Waals surface area contributed by atoms with Crippen molar-refractivity contribution < 1.29 is 9.53 Å². The number of ketones is 1. The second-order valence-corrected chi connectivity index (χ2v) is 4.59. The largest absolute Gasteiger partial charge is 0.378 e. The van der Waals surface area contributed by atoms with E-state index in [0.29, 0.717) is 12.8 Å². The first-order chi connectivity index (χ1) is 7.65. The van der Waals surface area contributed by atoms with Crippen molar-refractivity contribution in [3.8, 4) is 0 Å². The third kappa shape index (κ3) is 2.16. The monoisotopic (exact) mass is 222 g/mol. The maximum Gasteiger partial charge on any atom is 0.143 e. The van der Waals surface area contributed by atoms with Gasteiger partial charge >= 0.3 is 0 Å². The molecule has 4 heteroatoms. The number of carbonyl (C=O) groups is 1. The number of methoxy groups -OCH3 is 1. The molecule has 0 unspecified atom stereocenters. The molecule has 0 radical (unpaired) electrons. The highest BCUT2D eigenvalue weighted by Gasteiger charge is 2.38. The summed E-state index contributed by atoms with van der Waals surface area (Å²) in [6, 6.07) is 0. The normalized spacial score (nSPS) is 18.1. The molecule has 0 N–H and O–H groups in total. The Hall–Kier alpha value is -1.16. The number of aryl methyl sites for hydroxylation is 1. The van der Waals surface area contributed by atoms with E-state index in [1.807, 2.05) is 17.8 Å². The van der Waals surface area contributed by atoms with Crippen LogP contribution in [0.1, 0.15) is 31.5 Å². The number of Topliss-reactive ketones (excluding diaryl/α,β-unsaturated/α-hetero) is 1.